The third-order valence-corrected chi connectivity index (χ3v) is 2.69. The predicted octanol–water partition coefficient (Wildman–Crippen LogP) is -0.00220. The lowest BCUT2D eigenvalue weighted by Gasteiger charge is -2.14. The topological polar surface area (TPSA) is 116 Å². The third-order valence-electron chi connectivity index (χ3n) is 2.69. The van der Waals surface area contributed by atoms with Gasteiger partial charge in [0.15, 0.2) is 6.61 Å². The van der Waals surface area contributed by atoms with Gasteiger partial charge in [0, 0.05) is 45.5 Å². The van der Waals surface area contributed by atoms with Gasteiger partial charge in [0.05, 0.1) is 0 Å². The van der Waals surface area contributed by atoms with Crippen LogP contribution in [0, 0.1) is 5.92 Å². The van der Waals surface area contributed by atoms with Crippen molar-refractivity contribution in [2.45, 2.75) is 12.8 Å². The Balaban J connectivity index is 4.43. The average Bonchev–Trinajstić information content (AvgIpc) is 2.50. The van der Waals surface area contributed by atoms with E-state index in [4.69, 9.17) is 14.6 Å². The maximum absolute atomic E-state index is 12.0. The maximum Gasteiger partial charge on any atom is 0.331 e. The Morgan fingerprint density at radius 1 is 1.00 bits per heavy atom. The minimum absolute atomic E-state index is 0.314. The van der Waals surface area contributed by atoms with Crippen LogP contribution in [-0.4, -0.2) is 62.7 Å². The summed E-state index contributed by atoms with van der Waals surface area (Å²) in [6.45, 7) is -0.0961. The molecule has 0 radical (unpaired) electrons. The van der Waals surface area contributed by atoms with Crippen LogP contribution in [0.15, 0.2) is 12.2 Å². The molecule has 0 saturated heterocycles. The van der Waals surface area contributed by atoms with Gasteiger partial charge in [0.1, 0.15) is 0 Å². The number of carboxylic acids is 1. The number of aliphatic carboxylic acids is 1. The zero-order chi connectivity index (χ0) is 17.0. The van der Waals surface area contributed by atoms with Crippen molar-refractivity contribution in [3.8, 4) is 0 Å². The van der Waals surface area contributed by atoms with Gasteiger partial charge < -0.3 is 19.3 Å². The molecular formula is C14H20O8. The summed E-state index contributed by atoms with van der Waals surface area (Å²) in [5.74, 6) is -4.41. The first-order chi connectivity index (χ1) is 10.4. The highest BCUT2D eigenvalue weighted by molar-refractivity contribution is 6.38. The number of ether oxygens (including phenoxy) is 3. The summed E-state index contributed by atoms with van der Waals surface area (Å²) in [6.07, 6.45) is 1.95. The molecule has 1 N–H and O–H groups in total. The van der Waals surface area contributed by atoms with Gasteiger partial charge >= 0.3 is 11.9 Å². The van der Waals surface area contributed by atoms with E-state index in [-0.39, 0.29) is 0 Å². The van der Waals surface area contributed by atoms with Gasteiger partial charge in [-0.2, -0.15) is 0 Å². The van der Waals surface area contributed by atoms with Gasteiger partial charge in [-0.3, -0.25) is 9.59 Å². The smallest absolute Gasteiger partial charge is 0.331 e. The molecule has 22 heavy (non-hydrogen) atoms. The molecule has 0 fully saturated rings. The summed E-state index contributed by atoms with van der Waals surface area (Å²) in [6, 6.07) is 0. The fourth-order valence-electron chi connectivity index (χ4n) is 1.55. The van der Waals surface area contributed by atoms with Crippen LogP contribution in [0.1, 0.15) is 12.8 Å². The highest BCUT2D eigenvalue weighted by atomic mass is 16.5. The molecule has 8 nitrogen and oxygen atoms in total. The van der Waals surface area contributed by atoms with E-state index in [2.05, 4.69) is 4.74 Å². The van der Waals surface area contributed by atoms with E-state index in [9.17, 15) is 19.2 Å². The number of rotatable bonds is 12. The molecule has 0 aliphatic heterocycles. The molecule has 0 rings (SSSR count). The van der Waals surface area contributed by atoms with Crippen LogP contribution in [0.5, 0.6) is 0 Å². The number of ketones is 2. The van der Waals surface area contributed by atoms with E-state index in [1.54, 1.807) is 0 Å². The van der Waals surface area contributed by atoms with E-state index in [1.807, 2.05) is 0 Å². The molecule has 0 aromatic heterocycles. The summed E-state index contributed by atoms with van der Waals surface area (Å²) in [5, 5.41) is 8.33. The minimum Gasteiger partial charge on any atom is -0.478 e. The molecule has 0 aliphatic rings. The Kier molecular flexibility index (Phi) is 10.5. The Morgan fingerprint density at radius 2 is 1.55 bits per heavy atom. The van der Waals surface area contributed by atoms with E-state index < -0.39 is 36.0 Å². The lowest BCUT2D eigenvalue weighted by Crippen LogP contribution is -2.29. The third kappa shape index (κ3) is 8.98. The first-order valence-corrected chi connectivity index (χ1v) is 6.55. The van der Waals surface area contributed by atoms with Crippen molar-refractivity contribution >= 4 is 23.5 Å². The van der Waals surface area contributed by atoms with Crippen molar-refractivity contribution in [1.29, 1.82) is 0 Å². The molecule has 0 heterocycles. The number of hydrogen-bond acceptors (Lipinski definition) is 7. The van der Waals surface area contributed by atoms with Crippen LogP contribution in [0.2, 0.25) is 0 Å². The zero-order valence-corrected chi connectivity index (χ0v) is 12.6. The van der Waals surface area contributed by atoms with Crippen molar-refractivity contribution < 1.29 is 38.5 Å². The second-order valence-electron chi connectivity index (χ2n) is 4.33. The Morgan fingerprint density at radius 3 is 2.00 bits per heavy atom. The largest absolute Gasteiger partial charge is 0.478 e. The molecule has 0 unspecified atom stereocenters. The fraction of sp³-hybridized carbons (Fsp3) is 0.571. The Hall–Kier alpha value is -2.06. The standard InChI is InChI=1S/C14H20O8/c1-20-7-5-10(6-8-21-2)14(19)11(15)9-22-13(18)4-3-12(16)17/h3-4,10H,5-9H2,1-2H3,(H,16,17)/b4-3+. The highest BCUT2D eigenvalue weighted by Crippen LogP contribution is 2.11. The second-order valence-corrected chi connectivity index (χ2v) is 4.33. The lowest BCUT2D eigenvalue weighted by atomic mass is 9.94. The monoisotopic (exact) mass is 316 g/mol. The quantitative estimate of drug-likeness (QED) is 0.304. The average molecular weight is 316 g/mol. The first kappa shape index (κ1) is 19.9. The van der Waals surface area contributed by atoms with E-state index >= 15 is 0 Å². The highest BCUT2D eigenvalue weighted by Gasteiger charge is 2.25. The van der Waals surface area contributed by atoms with Gasteiger partial charge in [-0.1, -0.05) is 0 Å². The minimum atomic E-state index is -1.32. The molecule has 124 valence electrons. The van der Waals surface area contributed by atoms with Gasteiger partial charge in [-0.05, 0) is 12.8 Å². The molecular weight excluding hydrogens is 296 g/mol. The number of methoxy groups -OCH3 is 2. The summed E-state index contributed by atoms with van der Waals surface area (Å²) >= 11 is 0. The molecule has 0 aromatic rings. The second kappa shape index (κ2) is 11.6. The van der Waals surface area contributed by atoms with Crippen molar-refractivity contribution in [3.05, 3.63) is 12.2 Å². The summed E-state index contributed by atoms with van der Waals surface area (Å²) in [4.78, 5) is 45.0. The molecule has 0 spiro atoms. The van der Waals surface area contributed by atoms with Crippen molar-refractivity contribution in [1.82, 2.24) is 0 Å². The molecule has 0 aliphatic carbocycles. The number of carboxylic acid groups (broad SMARTS) is 1. The normalized spacial score (nSPS) is 10.9. The van der Waals surface area contributed by atoms with Crippen LogP contribution in [0.4, 0.5) is 0 Å². The van der Waals surface area contributed by atoms with Gasteiger partial charge in [-0.25, -0.2) is 9.59 Å². The van der Waals surface area contributed by atoms with E-state index in [0.717, 1.165) is 0 Å². The Labute approximate surface area is 128 Å². The molecule has 0 amide bonds. The number of carbonyl (C=O) groups is 4. The molecule has 0 bridgehead atoms. The fourth-order valence-corrected chi connectivity index (χ4v) is 1.55. The number of hydrogen-bond donors (Lipinski definition) is 1. The van der Waals surface area contributed by atoms with Crippen molar-refractivity contribution in [2.24, 2.45) is 5.92 Å². The molecule has 8 heteroatoms. The van der Waals surface area contributed by atoms with Crippen LogP contribution < -0.4 is 0 Å². The molecule has 0 atom stereocenters. The van der Waals surface area contributed by atoms with Gasteiger partial charge in [0.25, 0.3) is 0 Å². The maximum atomic E-state index is 12.0. The van der Waals surface area contributed by atoms with Crippen LogP contribution in [-0.2, 0) is 33.4 Å². The van der Waals surface area contributed by atoms with Crippen LogP contribution >= 0.6 is 0 Å². The zero-order valence-electron chi connectivity index (χ0n) is 12.6. The number of esters is 1. The van der Waals surface area contributed by atoms with E-state index in [1.165, 1.54) is 14.2 Å². The predicted molar refractivity (Wildman–Crippen MR) is 74.2 cm³/mol. The van der Waals surface area contributed by atoms with Crippen LogP contribution in [0.25, 0.3) is 0 Å². The number of Topliss-reactive ketones (excluding diaryl/α,β-unsaturated/α-hetero) is 2. The summed E-state index contributed by atoms with van der Waals surface area (Å²) < 4.78 is 14.3. The SMILES string of the molecule is COCCC(CCOC)C(=O)C(=O)COC(=O)/C=C/C(=O)O. The number of carbonyl (C=O) groups excluding carboxylic acids is 3. The van der Waals surface area contributed by atoms with Crippen LogP contribution in [0.3, 0.4) is 0 Å². The van der Waals surface area contributed by atoms with Crippen molar-refractivity contribution in [3.63, 3.8) is 0 Å². The van der Waals surface area contributed by atoms with Gasteiger partial charge in [-0.15, -0.1) is 0 Å². The van der Waals surface area contributed by atoms with E-state index in [0.29, 0.717) is 38.2 Å². The molecule has 0 saturated carbocycles. The Bertz CT molecular complexity index is 419. The molecule has 0 aromatic carbocycles. The first-order valence-electron chi connectivity index (χ1n) is 6.55. The lowest BCUT2D eigenvalue weighted by molar-refractivity contribution is -0.148. The summed E-state index contributed by atoms with van der Waals surface area (Å²) in [5.41, 5.74) is 0. The summed E-state index contributed by atoms with van der Waals surface area (Å²) in [7, 11) is 2.96. The van der Waals surface area contributed by atoms with Gasteiger partial charge in [0.2, 0.25) is 11.6 Å². The van der Waals surface area contributed by atoms with Crippen molar-refractivity contribution in [2.75, 3.05) is 34.0 Å².